The number of nitrogens with zero attached hydrogens (tertiary/aromatic N) is 2. The Kier molecular flexibility index (Phi) is 7.25. The summed E-state index contributed by atoms with van der Waals surface area (Å²) in [6.07, 6.45) is 0. The van der Waals surface area contributed by atoms with Gasteiger partial charge in [0.15, 0.2) is 0 Å². The molecule has 2 heterocycles. The molecule has 0 saturated carbocycles. The number of benzene rings is 3. The van der Waals surface area contributed by atoms with Crippen LogP contribution in [-0.4, -0.2) is 10.9 Å². The number of nitrogens with one attached hydrogen (secondary N) is 2. The Balaban J connectivity index is 1.71. The van der Waals surface area contributed by atoms with Crippen LogP contribution in [0.15, 0.2) is 72.8 Å². The molecule has 0 fully saturated rings. The number of nitrogen functional groups attached to an aromatic ring is 1. The quantitative estimate of drug-likeness (QED) is 0.196. The van der Waals surface area contributed by atoms with Crippen molar-refractivity contribution in [2.75, 3.05) is 16.4 Å². The highest BCUT2D eigenvalue weighted by Gasteiger charge is 2.26. The first-order valence-electron chi connectivity index (χ1n) is 12.4. The highest BCUT2D eigenvalue weighted by molar-refractivity contribution is 7.24. The number of thiophene rings is 1. The molecule has 6 nitrogen and oxygen atoms in total. The van der Waals surface area contributed by atoms with Crippen molar-refractivity contribution in [3.8, 4) is 17.2 Å². The number of halogens is 1. The van der Waals surface area contributed by atoms with E-state index in [2.05, 4.69) is 47.7 Å². The van der Waals surface area contributed by atoms with Crippen LogP contribution in [0.25, 0.3) is 21.3 Å². The summed E-state index contributed by atoms with van der Waals surface area (Å²) in [7, 11) is 0. The first-order chi connectivity index (χ1) is 18.7. The van der Waals surface area contributed by atoms with E-state index < -0.39 is 0 Å². The number of carbonyl (C=O) groups is 1. The Morgan fingerprint density at radius 1 is 1.00 bits per heavy atom. The molecule has 0 bridgehead atoms. The molecule has 0 radical (unpaired) electrons. The zero-order valence-electron chi connectivity index (χ0n) is 21.7. The number of fused-ring (bicyclic) bond motifs is 1. The molecule has 194 valence electrons. The summed E-state index contributed by atoms with van der Waals surface area (Å²) in [5.41, 5.74) is 12.5. The third-order valence-electron chi connectivity index (χ3n) is 6.46. The average molecular weight is 552 g/mol. The first-order valence-corrected chi connectivity index (χ1v) is 13.6. The number of nitrogens with two attached hydrogens (primary N) is 1. The van der Waals surface area contributed by atoms with Gasteiger partial charge in [-0.2, -0.15) is 5.26 Å². The van der Waals surface area contributed by atoms with Gasteiger partial charge in [0, 0.05) is 22.0 Å². The van der Waals surface area contributed by atoms with Crippen molar-refractivity contribution in [3.63, 3.8) is 0 Å². The Bertz CT molecular complexity index is 1720. The van der Waals surface area contributed by atoms with Gasteiger partial charge in [0.1, 0.15) is 28.0 Å². The summed E-state index contributed by atoms with van der Waals surface area (Å²) in [6.45, 7) is 6.27. The summed E-state index contributed by atoms with van der Waals surface area (Å²) in [6, 6.07) is 25.1. The molecule has 39 heavy (non-hydrogen) atoms. The molecule has 5 rings (SSSR count). The number of amides is 1. The van der Waals surface area contributed by atoms with E-state index in [1.54, 1.807) is 12.1 Å². The predicted molar refractivity (Wildman–Crippen MR) is 162 cm³/mol. The van der Waals surface area contributed by atoms with Crippen LogP contribution < -0.4 is 16.4 Å². The van der Waals surface area contributed by atoms with E-state index in [-0.39, 0.29) is 17.3 Å². The number of hydrogen-bond acceptors (Lipinski definition) is 6. The minimum Gasteiger partial charge on any atom is -0.383 e. The maximum atomic E-state index is 13.8. The predicted octanol–water partition coefficient (Wildman–Crippen LogP) is 8.50. The Labute approximate surface area is 236 Å². The van der Waals surface area contributed by atoms with Crippen LogP contribution in [0.3, 0.4) is 0 Å². The third-order valence-corrected chi connectivity index (χ3v) is 7.83. The summed E-state index contributed by atoms with van der Waals surface area (Å²) in [4.78, 5) is 18.3. The normalized spacial score (nSPS) is 11.0. The molecular weight excluding hydrogens is 526 g/mol. The first kappa shape index (κ1) is 26.2. The standard InChI is InChI=1S/C31H26ClN5OS/c1-17(2)19-8-14-23(15-9-19)36-31-26(30(38)35-22-12-4-18(3)5-13-22)27-28(39-31)25(24(16-33)29(34)37-27)20-6-10-21(32)11-7-20/h4-15,17,36H,1-3H3,(H2,34,37)(H,35,38). The van der Waals surface area contributed by atoms with Crippen LogP contribution in [0.5, 0.6) is 0 Å². The van der Waals surface area contributed by atoms with Gasteiger partial charge >= 0.3 is 0 Å². The molecular formula is C31H26ClN5OS. The van der Waals surface area contributed by atoms with E-state index in [0.29, 0.717) is 43.0 Å². The van der Waals surface area contributed by atoms with Gasteiger partial charge in [0.2, 0.25) is 0 Å². The van der Waals surface area contributed by atoms with E-state index in [9.17, 15) is 10.1 Å². The second-order valence-electron chi connectivity index (χ2n) is 9.57. The highest BCUT2D eigenvalue weighted by Crippen LogP contribution is 2.44. The zero-order chi connectivity index (χ0) is 27.7. The zero-order valence-corrected chi connectivity index (χ0v) is 23.2. The van der Waals surface area contributed by atoms with Gasteiger partial charge in [0.25, 0.3) is 5.91 Å². The topological polar surface area (TPSA) is 104 Å². The Morgan fingerprint density at radius 3 is 2.26 bits per heavy atom. The number of hydrogen-bond donors (Lipinski definition) is 3. The van der Waals surface area contributed by atoms with Crippen LogP contribution in [0.1, 0.15) is 46.8 Å². The Morgan fingerprint density at radius 2 is 1.64 bits per heavy atom. The molecule has 5 aromatic rings. The molecule has 0 aliphatic rings. The maximum absolute atomic E-state index is 13.8. The lowest BCUT2D eigenvalue weighted by atomic mass is 10.00. The number of aryl methyl sites for hydroxylation is 1. The van der Waals surface area contributed by atoms with Gasteiger partial charge in [-0.15, -0.1) is 11.3 Å². The molecule has 0 aliphatic carbocycles. The van der Waals surface area contributed by atoms with Crippen LogP contribution in [0.2, 0.25) is 5.02 Å². The van der Waals surface area contributed by atoms with Gasteiger partial charge in [0.05, 0.1) is 10.2 Å². The van der Waals surface area contributed by atoms with Crippen LogP contribution >= 0.6 is 22.9 Å². The van der Waals surface area contributed by atoms with Crippen molar-refractivity contribution >= 4 is 61.3 Å². The molecule has 0 saturated heterocycles. The van der Waals surface area contributed by atoms with Crippen molar-refractivity contribution in [2.45, 2.75) is 26.7 Å². The summed E-state index contributed by atoms with van der Waals surface area (Å²) in [5.74, 6) is 0.132. The molecule has 1 amide bonds. The van der Waals surface area contributed by atoms with Crippen molar-refractivity contribution in [3.05, 3.63) is 100 Å². The van der Waals surface area contributed by atoms with Gasteiger partial charge in [-0.25, -0.2) is 4.98 Å². The molecule has 0 atom stereocenters. The van der Waals surface area contributed by atoms with Crippen LogP contribution in [0.4, 0.5) is 22.2 Å². The summed E-state index contributed by atoms with van der Waals surface area (Å²) in [5, 5.41) is 17.6. The molecule has 4 N–H and O–H groups in total. The molecule has 3 aromatic carbocycles. The van der Waals surface area contributed by atoms with E-state index in [1.807, 2.05) is 55.5 Å². The number of anilines is 4. The van der Waals surface area contributed by atoms with Crippen LogP contribution in [-0.2, 0) is 0 Å². The molecule has 8 heteroatoms. The molecule has 0 unspecified atom stereocenters. The lowest BCUT2D eigenvalue weighted by Crippen LogP contribution is -2.13. The lowest BCUT2D eigenvalue weighted by Gasteiger charge is -2.11. The monoisotopic (exact) mass is 551 g/mol. The van der Waals surface area contributed by atoms with E-state index in [0.717, 1.165) is 16.8 Å². The molecule has 2 aromatic heterocycles. The third kappa shape index (κ3) is 5.30. The van der Waals surface area contributed by atoms with Crippen molar-refractivity contribution in [1.29, 1.82) is 5.26 Å². The minimum atomic E-state index is -0.329. The van der Waals surface area contributed by atoms with Crippen molar-refractivity contribution in [1.82, 2.24) is 4.98 Å². The average Bonchev–Trinajstić information content (AvgIpc) is 3.27. The maximum Gasteiger partial charge on any atom is 0.260 e. The van der Waals surface area contributed by atoms with Crippen molar-refractivity contribution < 1.29 is 4.79 Å². The second kappa shape index (κ2) is 10.8. The van der Waals surface area contributed by atoms with Gasteiger partial charge < -0.3 is 16.4 Å². The number of aromatic nitrogens is 1. The fourth-order valence-corrected chi connectivity index (χ4v) is 5.69. The summed E-state index contributed by atoms with van der Waals surface area (Å²) < 4.78 is 0.679. The number of pyridine rings is 1. The largest absolute Gasteiger partial charge is 0.383 e. The lowest BCUT2D eigenvalue weighted by molar-refractivity contribution is 0.102. The van der Waals surface area contributed by atoms with E-state index >= 15 is 0 Å². The molecule has 0 spiro atoms. The van der Waals surface area contributed by atoms with Gasteiger partial charge in [-0.1, -0.05) is 67.4 Å². The number of carbonyl (C=O) groups excluding carboxylic acids is 1. The minimum absolute atomic E-state index is 0.0602. The van der Waals surface area contributed by atoms with Gasteiger partial charge in [-0.3, -0.25) is 4.79 Å². The smallest absolute Gasteiger partial charge is 0.260 e. The van der Waals surface area contributed by atoms with Crippen LogP contribution in [0, 0.1) is 18.3 Å². The summed E-state index contributed by atoms with van der Waals surface area (Å²) >= 11 is 7.50. The molecule has 0 aliphatic heterocycles. The SMILES string of the molecule is Cc1ccc(NC(=O)c2c(Nc3ccc(C(C)C)cc3)sc3c(-c4ccc(Cl)cc4)c(C#N)c(N)nc23)cc1. The van der Waals surface area contributed by atoms with Gasteiger partial charge in [-0.05, 0) is 60.4 Å². The Hall–Kier alpha value is -4.38. The highest BCUT2D eigenvalue weighted by atomic mass is 35.5. The van der Waals surface area contributed by atoms with E-state index in [4.69, 9.17) is 17.3 Å². The fourth-order valence-electron chi connectivity index (χ4n) is 4.33. The number of nitriles is 1. The second-order valence-corrected chi connectivity index (χ2v) is 11.0. The van der Waals surface area contributed by atoms with E-state index in [1.165, 1.54) is 16.9 Å². The number of rotatable bonds is 6. The fraction of sp³-hybridized carbons (Fsp3) is 0.129. The van der Waals surface area contributed by atoms with Crippen molar-refractivity contribution in [2.24, 2.45) is 0 Å².